The Hall–Kier alpha value is -5.08. The molecule has 1 saturated heterocycles. The predicted octanol–water partition coefficient (Wildman–Crippen LogP) is 6.24. The van der Waals surface area contributed by atoms with Gasteiger partial charge in [0.25, 0.3) is 11.8 Å². The highest BCUT2D eigenvalue weighted by molar-refractivity contribution is 6.30. The van der Waals surface area contributed by atoms with Gasteiger partial charge in [-0.05, 0) is 47.5 Å². The lowest BCUT2D eigenvalue weighted by Gasteiger charge is -2.36. The number of fused-ring (bicyclic) bond motifs is 4. The third-order valence-electron chi connectivity index (χ3n) is 8.24. The molecule has 43 heavy (non-hydrogen) atoms. The quantitative estimate of drug-likeness (QED) is 0.229. The van der Waals surface area contributed by atoms with Crippen LogP contribution in [0.2, 0.25) is 5.02 Å². The zero-order valence-corrected chi connectivity index (χ0v) is 24.0. The summed E-state index contributed by atoms with van der Waals surface area (Å²) in [5, 5.41) is 4.46. The molecular formula is C34H27ClN4O4. The van der Waals surface area contributed by atoms with E-state index < -0.39 is 24.0 Å². The van der Waals surface area contributed by atoms with Crippen molar-refractivity contribution >= 4 is 46.0 Å². The molecule has 0 bridgehead atoms. The number of hydrogen-bond acceptors (Lipinski definition) is 4. The molecule has 2 aliphatic rings. The van der Waals surface area contributed by atoms with Crippen LogP contribution in [0.15, 0.2) is 97.1 Å². The van der Waals surface area contributed by atoms with E-state index in [1.807, 2.05) is 66.7 Å². The molecule has 9 heteroatoms. The highest BCUT2D eigenvalue weighted by Gasteiger charge is 2.53. The smallest absolute Gasteiger partial charge is 0.332 e. The molecule has 214 valence electrons. The number of carbonyl (C=O) groups is 3. The first-order valence-corrected chi connectivity index (χ1v) is 14.3. The molecular weight excluding hydrogens is 564 g/mol. The Morgan fingerprint density at radius 1 is 0.977 bits per heavy atom. The lowest BCUT2D eigenvalue weighted by atomic mass is 9.89. The third-order valence-corrected chi connectivity index (χ3v) is 8.47. The number of para-hydroxylation sites is 3. The number of benzene rings is 4. The fourth-order valence-corrected chi connectivity index (χ4v) is 6.50. The number of carbonyl (C=O) groups excluding carboxylic acids is 3. The second-order valence-corrected chi connectivity index (χ2v) is 11.1. The highest BCUT2D eigenvalue weighted by Crippen LogP contribution is 2.45. The minimum absolute atomic E-state index is 0.215. The van der Waals surface area contributed by atoms with Gasteiger partial charge in [-0.1, -0.05) is 72.3 Å². The van der Waals surface area contributed by atoms with Crippen molar-refractivity contribution in [2.24, 2.45) is 0 Å². The number of urea groups is 1. The number of halogens is 1. The molecule has 0 saturated carbocycles. The number of nitrogens with one attached hydrogen (secondary N) is 2. The molecule has 2 unspecified atom stereocenters. The van der Waals surface area contributed by atoms with Crippen LogP contribution in [0.5, 0.6) is 5.75 Å². The van der Waals surface area contributed by atoms with Crippen molar-refractivity contribution in [3.8, 4) is 5.75 Å². The zero-order valence-electron chi connectivity index (χ0n) is 23.2. The fourth-order valence-electron chi connectivity index (χ4n) is 6.30. The Bertz CT molecular complexity index is 1920. The minimum Gasteiger partial charge on any atom is -0.496 e. The number of H-pyrrole nitrogens is 1. The Kier molecular flexibility index (Phi) is 6.63. The van der Waals surface area contributed by atoms with E-state index in [2.05, 4.69) is 10.3 Å². The molecule has 2 aliphatic heterocycles. The van der Waals surface area contributed by atoms with Crippen molar-refractivity contribution < 1.29 is 19.1 Å². The van der Waals surface area contributed by atoms with E-state index in [1.165, 1.54) is 0 Å². The van der Waals surface area contributed by atoms with E-state index in [0.717, 1.165) is 38.2 Å². The van der Waals surface area contributed by atoms with Crippen LogP contribution in [0, 0.1) is 0 Å². The fraction of sp³-hybridized carbons (Fsp3) is 0.147. The number of anilines is 1. The molecule has 8 nitrogen and oxygen atoms in total. The largest absolute Gasteiger partial charge is 0.496 e. The molecule has 2 atom stereocenters. The molecule has 3 heterocycles. The summed E-state index contributed by atoms with van der Waals surface area (Å²) in [6, 6.07) is 27.5. The molecule has 7 rings (SSSR count). The van der Waals surface area contributed by atoms with Crippen molar-refractivity contribution in [1.82, 2.24) is 15.2 Å². The topological polar surface area (TPSA) is 94.7 Å². The summed E-state index contributed by atoms with van der Waals surface area (Å²) in [5.74, 6) is -0.131. The van der Waals surface area contributed by atoms with E-state index in [4.69, 9.17) is 16.3 Å². The molecule has 4 amide bonds. The minimum atomic E-state index is -0.757. The number of aromatic amines is 1. The van der Waals surface area contributed by atoms with E-state index in [9.17, 15) is 14.4 Å². The maximum absolute atomic E-state index is 14.3. The third kappa shape index (κ3) is 4.42. The standard InChI is InChI=1S/C34H27ClN4O4/c1-43-29-16-7-2-9-21(29)19-36-32(40)24-13-4-6-15-27(24)39-33(41)28-18-25-23-12-3-5-14-26(23)37-30(25)31(38(28)34(39)42)20-10-8-11-22(35)17-20/h2-17,28,31,37H,18-19H2,1H3,(H,36,40). The number of nitrogens with zero attached hydrogens (tertiary/aromatic N) is 2. The maximum atomic E-state index is 14.3. The van der Waals surface area contributed by atoms with Gasteiger partial charge in [-0.3, -0.25) is 14.5 Å². The summed E-state index contributed by atoms with van der Waals surface area (Å²) in [5.41, 5.74) is 4.84. The second kappa shape index (κ2) is 10.6. The first-order chi connectivity index (χ1) is 21.0. The number of methoxy groups -OCH3 is 1. The molecule has 1 aromatic heterocycles. The zero-order chi connectivity index (χ0) is 29.7. The average molecular weight is 591 g/mol. The first kappa shape index (κ1) is 26.8. The Labute approximate surface area is 252 Å². The molecule has 5 aromatic rings. The number of hydrogen-bond donors (Lipinski definition) is 2. The van der Waals surface area contributed by atoms with Crippen LogP contribution >= 0.6 is 11.6 Å². The number of rotatable bonds is 6. The summed E-state index contributed by atoms with van der Waals surface area (Å²) in [6.07, 6.45) is 0.347. The number of aromatic nitrogens is 1. The van der Waals surface area contributed by atoms with Crippen LogP contribution in [0.3, 0.4) is 0 Å². The first-order valence-electron chi connectivity index (χ1n) is 14.0. The van der Waals surface area contributed by atoms with E-state index >= 15 is 0 Å². The summed E-state index contributed by atoms with van der Waals surface area (Å²) >= 11 is 6.41. The molecule has 4 aromatic carbocycles. The predicted molar refractivity (Wildman–Crippen MR) is 164 cm³/mol. The van der Waals surface area contributed by atoms with Gasteiger partial charge in [0.15, 0.2) is 0 Å². The Morgan fingerprint density at radius 2 is 1.74 bits per heavy atom. The van der Waals surface area contributed by atoms with Crippen LogP contribution < -0.4 is 15.0 Å². The summed E-state index contributed by atoms with van der Waals surface area (Å²) in [7, 11) is 1.57. The number of ether oxygens (including phenoxy) is 1. The van der Waals surface area contributed by atoms with Crippen molar-refractivity contribution in [3.63, 3.8) is 0 Å². The van der Waals surface area contributed by atoms with Gasteiger partial charge in [0, 0.05) is 40.1 Å². The normalized spacial score (nSPS) is 17.6. The van der Waals surface area contributed by atoms with Gasteiger partial charge in [0.05, 0.1) is 18.4 Å². The van der Waals surface area contributed by atoms with Gasteiger partial charge in [-0.2, -0.15) is 0 Å². The molecule has 1 fully saturated rings. The lowest BCUT2D eigenvalue weighted by Crippen LogP contribution is -2.44. The molecule has 0 aliphatic carbocycles. The highest BCUT2D eigenvalue weighted by atomic mass is 35.5. The Morgan fingerprint density at radius 3 is 2.58 bits per heavy atom. The van der Waals surface area contributed by atoms with Crippen molar-refractivity contribution in [2.75, 3.05) is 12.0 Å². The van der Waals surface area contributed by atoms with Gasteiger partial charge < -0.3 is 15.0 Å². The second-order valence-electron chi connectivity index (χ2n) is 10.6. The summed E-state index contributed by atoms with van der Waals surface area (Å²) in [6.45, 7) is 0.215. The summed E-state index contributed by atoms with van der Waals surface area (Å²) in [4.78, 5) is 48.3. The molecule has 0 radical (unpaired) electrons. The van der Waals surface area contributed by atoms with Gasteiger partial charge in [-0.15, -0.1) is 0 Å². The van der Waals surface area contributed by atoms with E-state index in [1.54, 1.807) is 42.3 Å². The van der Waals surface area contributed by atoms with Crippen LogP contribution in [0.25, 0.3) is 10.9 Å². The lowest BCUT2D eigenvalue weighted by molar-refractivity contribution is -0.120. The number of amides is 4. The van der Waals surface area contributed by atoms with Gasteiger partial charge >= 0.3 is 6.03 Å². The maximum Gasteiger partial charge on any atom is 0.332 e. The molecule has 0 spiro atoms. The summed E-state index contributed by atoms with van der Waals surface area (Å²) < 4.78 is 5.41. The van der Waals surface area contributed by atoms with E-state index in [0.29, 0.717) is 17.2 Å². The molecule has 2 N–H and O–H groups in total. The van der Waals surface area contributed by atoms with Crippen molar-refractivity contribution in [1.29, 1.82) is 0 Å². The van der Waals surface area contributed by atoms with Crippen LogP contribution in [-0.2, 0) is 17.8 Å². The van der Waals surface area contributed by atoms with Crippen LogP contribution in [0.1, 0.15) is 38.8 Å². The van der Waals surface area contributed by atoms with Crippen LogP contribution in [0.4, 0.5) is 10.5 Å². The van der Waals surface area contributed by atoms with Gasteiger partial charge in [0.1, 0.15) is 17.8 Å². The monoisotopic (exact) mass is 590 g/mol. The van der Waals surface area contributed by atoms with E-state index in [-0.39, 0.29) is 23.7 Å². The Balaban J connectivity index is 1.27. The number of imide groups is 1. The van der Waals surface area contributed by atoms with Crippen molar-refractivity contribution in [2.45, 2.75) is 25.0 Å². The SMILES string of the molecule is COc1ccccc1CNC(=O)c1ccccc1N1C(=O)C2Cc3c([nH]c4ccccc34)C(c3cccc(Cl)c3)N2C1=O. The van der Waals surface area contributed by atoms with Crippen molar-refractivity contribution in [3.05, 3.63) is 130 Å². The van der Waals surface area contributed by atoms with Crippen LogP contribution in [-0.4, -0.2) is 40.9 Å². The van der Waals surface area contributed by atoms with Gasteiger partial charge in [-0.25, -0.2) is 9.69 Å². The average Bonchev–Trinajstić information content (AvgIpc) is 3.52. The van der Waals surface area contributed by atoms with Gasteiger partial charge in [0.2, 0.25) is 0 Å².